The van der Waals surface area contributed by atoms with Crippen LogP contribution in [0.2, 0.25) is 0 Å². The maximum atomic E-state index is 13.0. The molecule has 1 aromatic carbocycles. The highest BCUT2D eigenvalue weighted by atomic mass is 35.5. The Bertz CT molecular complexity index is 556. The van der Waals surface area contributed by atoms with Crippen molar-refractivity contribution >= 4 is 29.9 Å². The van der Waals surface area contributed by atoms with Crippen LogP contribution in [-0.4, -0.2) is 36.3 Å². The van der Waals surface area contributed by atoms with Crippen molar-refractivity contribution < 1.29 is 18.4 Å². The van der Waals surface area contributed by atoms with Crippen LogP contribution in [0.3, 0.4) is 0 Å². The standard InChI is InChI=1S/C15H21F2N3O2.ClH/c1-15(2,3)13(18)14(22)20(4)8-12(21)19-11-6-9(16)5-10(17)7-11;/h5-7,13H,8,18H2,1-4H3,(H,19,21);1H/t13-;/m1./s1. The topological polar surface area (TPSA) is 75.4 Å². The Labute approximate surface area is 140 Å². The lowest BCUT2D eigenvalue weighted by Crippen LogP contribution is -2.50. The van der Waals surface area contributed by atoms with Gasteiger partial charge >= 0.3 is 0 Å². The molecule has 0 fully saturated rings. The number of carbonyl (C=O) groups excluding carboxylic acids is 2. The van der Waals surface area contributed by atoms with Gasteiger partial charge in [-0.05, 0) is 17.5 Å². The molecule has 0 heterocycles. The summed E-state index contributed by atoms with van der Waals surface area (Å²) < 4.78 is 26.1. The van der Waals surface area contributed by atoms with E-state index in [2.05, 4.69) is 5.32 Å². The van der Waals surface area contributed by atoms with Crippen LogP contribution >= 0.6 is 12.4 Å². The number of halogens is 3. The summed E-state index contributed by atoms with van der Waals surface area (Å²) in [5.41, 5.74) is 5.39. The highest BCUT2D eigenvalue weighted by molar-refractivity contribution is 5.95. The fourth-order valence-corrected chi connectivity index (χ4v) is 1.73. The summed E-state index contributed by atoms with van der Waals surface area (Å²) in [6.45, 7) is 5.19. The molecular formula is C15H22ClF2N3O2. The Morgan fingerprint density at radius 3 is 2.13 bits per heavy atom. The molecule has 1 rings (SSSR count). The van der Waals surface area contributed by atoms with Crippen LogP contribution in [-0.2, 0) is 9.59 Å². The zero-order valence-corrected chi connectivity index (χ0v) is 14.3. The summed E-state index contributed by atoms with van der Waals surface area (Å²) in [5.74, 6) is -2.54. The van der Waals surface area contributed by atoms with Crippen LogP contribution < -0.4 is 11.1 Å². The molecule has 0 unspecified atom stereocenters. The van der Waals surface area contributed by atoms with Gasteiger partial charge in [0.05, 0.1) is 12.6 Å². The first kappa shape index (κ1) is 21.3. The monoisotopic (exact) mass is 349 g/mol. The smallest absolute Gasteiger partial charge is 0.243 e. The molecule has 3 N–H and O–H groups in total. The van der Waals surface area contributed by atoms with Gasteiger partial charge < -0.3 is 16.0 Å². The molecule has 0 aliphatic carbocycles. The van der Waals surface area contributed by atoms with E-state index in [1.807, 2.05) is 20.8 Å². The van der Waals surface area contributed by atoms with Crippen LogP contribution in [0.25, 0.3) is 0 Å². The predicted molar refractivity (Wildman–Crippen MR) is 87.3 cm³/mol. The van der Waals surface area contributed by atoms with Gasteiger partial charge in [-0.2, -0.15) is 0 Å². The van der Waals surface area contributed by atoms with E-state index in [0.29, 0.717) is 6.07 Å². The number of hydrogen-bond acceptors (Lipinski definition) is 3. The number of nitrogens with two attached hydrogens (primary N) is 1. The van der Waals surface area contributed by atoms with Gasteiger partial charge in [0.1, 0.15) is 11.6 Å². The lowest BCUT2D eigenvalue weighted by molar-refractivity contribution is -0.136. The zero-order valence-electron chi connectivity index (χ0n) is 13.5. The minimum Gasteiger partial charge on any atom is -0.335 e. The highest BCUT2D eigenvalue weighted by Gasteiger charge is 2.30. The number of rotatable bonds is 4. The second-order valence-corrected chi connectivity index (χ2v) is 6.24. The van der Waals surface area contributed by atoms with Gasteiger partial charge in [0, 0.05) is 18.8 Å². The molecule has 0 saturated heterocycles. The molecule has 5 nitrogen and oxygen atoms in total. The number of nitrogens with zero attached hydrogens (tertiary/aromatic N) is 1. The van der Waals surface area contributed by atoms with Gasteiger partial charge in [-0.3, -0.25) is 9.59 Å². The predicted octanol–water partition coefficient (Wildman–Crippen LogP) is 2.16. The van der Waals surface area contributed by atoms with Crippen LogP contribution in [0.1, 0.15) is 20.8 Å². The summed E-state index contributed by atoms with van der Waals surface area (Å²) >= 11 is 0. The van der Waals surface area contributed by atoms with E-state index in [1.54, 1.807) is 0 Å². The van der Waals surface area contributed by atoms with Gasteiger partial charge in [0.2, 0.25) is 11.8 Å². The number of amides is 2. The quantitative estimate of drug-likeness (QED) is 0.874. The van der Waals surface area contributed by atoms with E-state index in [0.717, 1.165) is 12.1 Å². The summed E-state index contributed by atoms with van der Waals surface area (Å²) in [4.78, 5) is 25.1. The Morgan fingerprint density at radius 2 is 1.70 bits per heavy atom. The molecule has 1 atom stereocenters. The first-order valence-electron chi connectivity index (χ1n) is 6.77. The molecule has 23 heavy (non-hydrogen) atoms. The molecule has 0 aliphatic rings. The van der Waals surface area contributed by atoms with Crippen molar-refractivity contribution in [2.45, 2.75) is 26.8 Å². The Morgan fingerprint density at radius 1 is 1.22 bits per heavy atom. The van der Waals surface area contributed by atoms with Gasteiger partial charge in [-0.1, -0.05) is 20.8 Å². The van der Waals surface area contributed by atoms with Gasteiger partial charge in [0.25, 0.3) is 0 Å². The molecule has 0 spiro atoms. The van der Waals surface area contributed by atoms with E-state index in [9.17, 15) is 18.4 Å². The van der Waals surface area contributed by atoms with E-state index >= 15 is 0 Å². The molecule has 0 bridgehead atoms. The number of carbonyl (C=O) groups is 2. The summed E-state index contributed by atoms with van der Waals surface area (Å²) in [5, 5.41) is 2.33. The van der Waals surface area contributed by atoms with Crippen molar-refractivity contribution in [1.82, 2.24) is 4.90 Å². The molecule has 1 aromatic rings. The Balaban J connectivity index is 0.00000484. The lowest BCUT2D eigenvalue weighted by atomic mass is 9.86. The van der Waals surface area contributed by atoms with Crippen molar-refractivity contribution in [3.8, 4) is 0 Å². The third-order valence-corrected chi connectivity index (χ3v) is 3.10. The summed E-state index contributed by atoms with van der Waals surface area (Å²) in [6.07, 6.45) is 0. The highest BCUT2D eigenvalue weighted by Crippen LogP contribution is 2.18. The first-order chi connectivity index (χ1) is 10.0. The maximum absolute atomic E-state index is 13.0. The van der Waals surface area contributed by atoms with E-state index in [-0.39, 0.29) is 30.5 Å². The fraction of sp³-hybridized carbons (Fsp3) is 0.467. The van der Waals surface area contributed by atoms with Crippen molar-refractivity contribution in [3.05, 3.63) is 29.8 Å². The van der Waals surface area contributed by atoms with E-state index in [1.165, 1.54) is 11.9 Å². The average Bonchev–Trinajstić information content (AvgIpc) is 2.34. The largest absolute Gasteiger partial charge is 0.335 e. The number of likely N-dealkylation sites (N-methyl/N-ethyl adjacent to an activating group) is 1. The third-order valence-electron chi connectivity index (χ3n) is 3.10. The van der Waals surface area contributed by atoms with Gasteiger partial charge in [-0.15, -0.1) is 12.4 Å². The molecule has 0 radical (unpaired) electrons. The molecular weight excluding hydrogens is 328 g/mol. The van der Waals surface area contributed by atoms with Crippen LogP contribution in [0.4, 0.5) is 14.5 Å². The Hall–Kier alpha value is -1.73. The number of nitrogens with one attached hydrogen (secondary N) is 1. The van der Waals surface area contributed by atoms with Crippen molar-refractivity contribution in [2.24, 2.45) is 11.1 Å². The molecule has 0 saturated carbocycles. The SMILES string of the molecule is CN(CC(=O)Nc1cc(F)cc(F)c1)C(=O)[C@@H](N)C(C)(C)C.Cl. The van der Waals surface area contributed by atoms with Crippen molar-refractivity contribution in [2.75, 3.05) is 18.9 Å². The number of anilines is 1. The molecule has 8 heteroatoms. The van der Waals surface area contributed by atoms with Crippen molar-refractivity contribution in [1.29, 1.82) is 0 Å². The van der Waals surface area contributed by atoms with Crippen LogP contribution in [0.5, 0.6) is 0 Å². The zero-order chi connectivity index (χ0) is 17.1. The molecule has 0 aromatic heterocycles. The number of benzene rings is 1. The summed E-state index contributed by atoms with van der Waals surface area (Å²) in [6, 6.07) is 1.93. The lowest BCUT2D eigenvalue weighted by Gasteiger charge is -2.29. The first-order valence-corrected chi connectivity index (χ1v) is 6.77. The molecule has 2 amide bonds. The van der Waals surface area contributed by atoms with E-state index in [4.69, 9.17) is 5.73 Å². The van der Waals surface area contributed by atoms with Gasteiger partial charge in [-0.25, -0.2) is 8.78 Å². The minimum atomic E-state index is -0.797. The number of hydrogen-bond donors (Lipinski definition) is 2. The second-order valence-electron chi connectivity index (χ2n) is 6.24. The van der Waals surface area contributed by atoms with Crippen LogP contribution in [0, 0.1) is 17.0 Å². The fourth-order valence-electron chi connectivity index (χ4n) is 1.73. The summed E-state index contributed by atoms with van der Waals surface area (Å²) in [7, 11) is 1.44. The third kappa shape index (κ3) is 6.50. The maximum Gasteiger partial charge on any atom is 0.243 e. The molecule has 130 valence electrons. The Kier molecular flexibility index (Phi) is 7.60. The normalized spacial score (nSPS) is 12.1. The van der Waals surface area contributed by atoms with Crippen LogP contribution in [0.15, 0.2) is 18.2 Å². The second kappa shape index (κ2) is 8.21. The minimum absolute atomic E-state index is 0. The molecule has 0 aliphatic heterocycles. The van der Waals surface area contributed by atoms with Crippen molar-refractivity contribution in [3.63, 3.8) is 0 Å². The van der Waals surface area contributed by atoms with Gasteiger partial charge in [0.15, 0.2) is 0 Å². The average molecular weight is 350 g/mol. The van der Waals surface area contributed by atoms with E-state index < -0.39 is 29.0 Å².